The van der Waals surface area contributed by atoms with Crippen molar-refractivity contribution in [3.05, 3.63) is 33.6 Å². The first-order chi connectivity index (χ1) is 12.8. The molecule has 142 valence electrons. The smallest absolute Gasteiger partial charge is 0.194 e. The van der Waals surface area contributed by atoms with E-state index in [4.69, 9.17) is 4.99 Å². The standard InChI is InChI=1S/C19H29N5S2/c1-3-20-19(21-9-5-4-7-17-22-16(2)15-26-17)24-12-10-23(11-13-24)18-8-6-14-25-18/h6,8,14-15H,3-5,7,9-13H2,1-2H3,(H,20,21). The molecule has 26 heavy (non-hydrogen) atoms. The lowest BCUT2D eigenvalue weighted by atomic mass is 10.2. The number of hydrogen-bond acceptors (Lipinski definition) is 5. The van der Waals surface area contributed by atoms with Gasteiger partial charge in [0.25, 0.3) is 0 Å². The highest BCUT2D eigenvalue weighted by Gasteiger charge is 2.20. The van der Waals surface area contributed by atoms with Crippen LogP contribution < -0.4 is 10.2 Å². The number of hydrogen-bond donors (Lipinski definition) is 1. The minimum absolute atomic E-state index is 0.887. The third kappa shape index (κ3) is 5.45. The van der Waals surface area contributed by atoms with E-state index in [9.17, 15) is 0 Å². The molecular weight excluding hydrogens is 362 g/mol. The van der Waals surface area contributed by atoms with E-state index in [1.807, 2.05) is 11.3 Å². The number of anilines is 1. The van der Waals surface area contributed by atoms with E-state index >= 15 is 0 Å². The summed E-state index contributed by atoms with van der Waals surface area (Å²) in [6.07, 6.45) is 3.34. The molecule has 1 aliphatic rings. The molecule has 1 fully saturated rings. The Bertz CT molecular complexity index is 672. The SMILES string of the molecule is CCNC(=NCCCCc1nc(C)cs1)N1CCN(c2cccs2)CC1. The number of piperazine rings is 1. The van der Waals surface area contributed by atoms with Gasteiger partial charge in [-0.1, -0.05) is 0 Å². The number of nitrogens with zero attached hydrogens (tertiary/aromatic N) is 4. The molecule has 7 heteroatoms. The molecule has 0 radical (unpaired) electrons. The van der Waals surface area contributed by atoms with Crippen LogP contribution in [0.2, 0.25) is 0 Å². The van der Waals surface area contributed by atoms with Crippen LogP contribution in [0.5, 0.6) is 0 Å². The Morgan fingerprint density at radius 2 is 2.08 bits per heavy atom. The van der Waals surface area contributed by atoms with Crippen molar-refractivity contribution in [1.82, 2.24) is 15.2 Å². The summed E-state index contributed by atoms with van der Waals surface area (Å²) in [4.78, 5) is 14.3. The fraction of sp³-hybridized carbons (Fsp3) is 0.579. The fourth-order valence-electron chi connectivity index (χ4n) is 3.10. The Hall–Kier alpha value is -1.60. The summed E-state index contributed by atoms with van der Waals surface area (Å²) in [7, 11) is 0. The second-order valence-corrected chi connectivity index (χ2v) is 8.37. The summed E-state index contributed by atoms with van der Waals surface area (Å²) >= 11 is 3.60. The molecule has 3 heterocycles. The molecule has 1 aliphatic heterocycles. The lowest BCUT2D eigenvalue weighted by Gasteiger charge is -2.37. The monoisotopic (exact) mass is 391 g/mol. The van der Waals surface area contributed by atoms with Gasteiger partial charge in [0, 0.05) is 50.3 Å². The number of aliphatic imine (C=N–C) groups is 1. The van der Waals surface area contributed by atoms with Crippen LogP contribution in [-0.2, 0) is 6.42 Å². The number of rotatable bonds is 7. The minimum Gasteiger partial charge on any atom is -0.360 e. The van der Waals surface area contributed by atoms with Crippen LogP contribution in [0.1, 0.15) is 30.5 Å². The van der Waals surface area contributed by atoms with Gasteiger partial charge in [-0.25, -0.2) is 4.98 Å². The Kier molecular flexibility index (Phi) is 7.32. The van der Waals surface area contributed by atoms with E-state index in [1.54, 1.807) is 11.3 Å². The topological polar surface area (TPSA) is 43.8 Å². The van der Waals surface area contributed by atoms with Crippen LogP contribution in [0.15, 0.2) is 27.9 Å². The molecular formula is C19H29N5S2. The van der Waals surface area contributed by atoms with E-state index in [0.29, 0.717) is 0 Å². The number of thiazole rings is 1. The predicted molar refractivity (Wildman–Crippen MR) is 114 cm³/mol. The van der Waals surface area contributed by atoms with Crippen LogP contribution in [0.25, 0.3) is 0 Å². The van der Waals surface area contributed by atoms with Crippen LogP contribution in [0.3, 0.4) is 0 Å². The number of aryl methyl sites for hydroxylation is 2. The van der Waals surface area contributed by atoms with Gasteiger partial charge in [-0.05, 0) is 50.6 Å². The molecule has 0 amide bonds. The van der Waals surface area contributed by atoms with Gasteiger partial charge in [0.15, 0.2) is 5.96 Å². The van der Waals surface area contributed by atoms with Gasteiger partial charge in [0.2, 0.25) is 0 Å². The Morgan fingerprint density at radius 1 is 1.23 bits per heavy atom. The van der Waals surface area contributed by atoms with Crippen molar-refractivity contribution in [3.8, 4) is 0 Å². The number of thiophene rings is 1. The largest absolute Gasteiger partial charge is 0.360 e. The summed E-state index contributed by atoms with van der Waals surface area (Å²) in [5.41, 5.74) is 1.14. The fourth-order valence-corrected chi connectivity index (χ4v) is 4.71. The van der Waals surface area contributed by atoms with Crippen LogP contribution in [0, 0.1) is 6.92 Å². The van der Waals surface area contributed by atoms with Gasteiger partial charge < -0.3 is 15.1 Å². The molecule has 0 aromatic carbocycles. The summed E-state index contributed by atoms with van der Waals surface area (Å²) in [5, 5.41) is 10.4. The van der Waals surface area contributed by atoms with E-state index in [2.05, 4.69) is 56.8 Å². The first-order valence-corrected chi connectivity index (χ1v) is 11.2. The summed E-state index contributed by atoms with van der Waals surface area (Å²) in [6, 6.07) is 4.34. The predicted octanol–water partition coefficient (Wildman–Crippen LogP) is 3.62. The number of unbranched alkanes of at least 4 members (excludes halogenated alkanes) is 1. The van der Waals surface area contributed by atoms with E-state index in [0.717, 1.165) is 70.2 Å². The van der Waals surface area contributed by atoms with Crippen LogP contribution in [-0.4, -0.2) is 55.1 Å². The maximum atomic E-state index is 4.86. The maximum absolute atomic E-state index is 4.86. The maximum Gasteiger partial charge on any atom is 0.194 e. The lowest BCUT2D eigenvalue weighted by Crippen LogP contribution is -2.52. The number of aromatic nitrogens is 1. The number of nitrogens with one attached hydrogen (secondary N) is 1. The molecule has 0 unspecified atom stereocenters. The van der Waals surface area contributed by atoms with Crippen LogP contribution >= 0.6 is 22.7 Å². The van der Waals surface area contributed by atoms with Gasteiger partial charge in [-0.15, -0.1) is 22.7 Å². The zero-order valence-electron chi connectivity index (χ0n) is 15.8. The van der Waals surface area contributed by atoms with Gasteiger partial charge in [-0.3, -0.25) is 4.99 Å². The highest BCUT2D eigenvalue weighted by Crippen LogP contribution is 2.22. The average molecular weight is 392 g/mol. The van der Waals surface area contributed by atoms with Crippen molar-refractivity contribution in [1.29, 1.82) is 0 Å². The van der Waals surface area contributed by atoms with Crippen molar-refractivity contribution in [2.75, 3.05) is 44.2 Å². The molecule has 3 rings (SSSR count). The van der Waals surface area contributed by atoms with Crippen molar-refractivity contribution < 1.29 is 0 Å². The van der Waals surface area contributed by atoms with Crippen molar-refractivity contribution in [3.63, 3.8) is 0 Å². The second kappa shape index (κ2) is 9.92. The molecule has 2 aromatic rings. The highest BCUT2D eigenvalue weighted by atomic mass is 32.1. The molecule has 0 aliphatic carbocycles. The molecule has 1 N–H and O–H groups in total. The molecule has 5 nitrogen and oxygen atoms in total. The molecule has 0 saturated carbocycles. The minimum atomic E-state index is 0.887. The third-order valence-corrected chi connectivity index (χ3v) is 6.41. The number of guanidine groups is 1. The van der Waals surface area contributed by atoms with Crippen molar-refractivity contribution in [2.45, 2.75) is 33.1 Å². The van der Waals surface area contributed by atoms with Gasteiger partial charge >= 0.3 is 0 Å². The zero-order chi connectivity index (χ0) is 18.2. The average Bonchev–Trinajstić information content (AvgIpc) is 3.33. The normalized spacial score (nSPS) is 15.5. The van der Waals surface area contributed by atoms with Gasteiger partial charge in [0.05, 0.1) is 10.0 Å². The molecule has 0 atom stereocenters. The summed E-state index contributed by atoms with van der Waals surface area (Å²) in [5.74, 6) is 1.07. The Balaban J connectivity index is 1.43. The quantitative estimate of drug-likeness (QED) is 0.445. The van der Waals surface area contributed by atoms with Gasteiger partial charge in [-0.2, -0.15) is 0 Å². The Morgan fingerprint density at radius 3 is 2.73 bits per heavy atom. The van der Waals surface area contributed by atoms with E-state index < -0.39 is 0 Å². The first-order valence-electron chi connectivity index (χ1n) is 9.49. The second-order valence-electron chi connectivity index (χ2n) is 6.50. The van der Waals surface area contributed by atoms with Crippen molar-refractivity contribution in [2.24, 2.45) is 4.99 Å². The van der Waals surface area contributed by atoms with Crippen molar-refractivity contribution >= 4 is 33.6 Å². The van der Waals surface area contributed by atoms with Crippen LogP contribution in [0.4, 0.5) is 5.00 Å². The highest BCUT2D eigenvalue weighted by molar-refractivity contribution is 7.14. The molecule has 1 saturated heterocycles. The lowest BCUT2D eigenvalue weighted by molar-refractivity contribution is 0.373. The van der Waals surface area contributed by atoms with E-state index in [-0.39, 0.29) is 0 Å². The molecule has 2 aromatic heterocycles. The first kappa shape index (κ1) is 19.2. The van der Waals surface area contributed by atoms with E-state index in [1.165, 1.54) is 10.0 Å². The summed E-state index contributed by atoms with van der Waals surface area (Å²) in [6.45, 7) is 10.2. The third-order valence-electron chi connectivity index (χ3n) is 4.46. The summed E-state index contributed by atoms with van der Waals surface area (Å²) < 4.78 is 0. The zero-order valence-corrected chi connectivity index (χ0v) is 17.4. The molecule has 0 bridgehead atoms. The van der Waals surface area contributed by atoms with Gasteiger partial charge in [0.1, 0.15) is 0 Å². The Labute approximate surface area is 164 Å². The molecule has 0 spiro atoms.